The third kappa shape index (κ3) is 2.13. The van der Waals surface area contributed by atoms with Gasteiger partial charge >= 0.3 is 0 Å². The number of fused-ring (bicyclic) bond motifs is 1. The van der Waals surface area contributed by atoms with Crippen molar-refractivity contribution < 1.29 is 4.79 Å². The highest BCUT2D eigenvalue weighted by Crippen LogP contribution is 2.31. The molecule has 1 fully saturated rings. The number of rotatable bonds is 1. The zero-order valence-electron chi connectivity index (χ0n) is 10.6. The number of nitrogens with zero attached hydrogens (tertiary/aromatic N) is 1. The summed E-state index contributed by atoms with van der Waals surface area (Å²) in [5, 5.41) is 3.29. The van der Waals surface area contributed by atoms with Gasteiger partial charge in [0.2, 0.25) is 5.91 Å². The summed E-state index contributed by atoms with van der Waals surface area (Å²) in [5.74, 6) is 0.304. The van der Waals surface area contributed by atoms with E-state index in [1.54, 1.807) is 0 Å². The lowest BCUT2D eigenvalue weighted by Gasteiger charge is -2.27. The second-order valence-electron chi connectivity index (χ2n) is 5.42. The van der Waals surface area contributed by atoms with E-state index >= 15 is 0 Å². The molecule has 2 heterocycles. The maximum Gasteiger partial charge on any atom is 0.230 e. The summed E-state index contributed by atoms with van der Waals surface area (Å²) < 4.78 is 0. The Morgan fingerprint density at radius 1 is 1.28 bits per heavy atom. The van der Waals surface area contributed by atoms with Crippen LogP contribution in [0.1, 0.15) is 24.5 Å². The van der Waals surface area contributed by atoms with Gasteiger partial charge in [-0.15, -0.1) is 12.4 Å². The third-order valence-corrected chi connectivity index (χ3v) is 4.01. The number of benzene rings is 1. The molecule has 1 aromatic carbocycles. The molecule has 2 aliphatic rings. The van der Waals surface area contributed by atoms with Gasteiger partial charge < -0.3 is 10.2 Å². The zero-order valence-corrected chi connectivity index (χ0v) is 11.4. The number of carbonyl (C=O) groups excluding carboxylic acids is 1. The monoisotopic (exact) mass is 266 g/mol. The Labute approximate surface area is 114 Å². The molecule has 0 spiro atoms. The molecular weight excluding hydrogens is 248 g/mol. The first-order valence-corrected chi connectivity index (χ1v) is 6.26. The number of hydrogen-bond acceptors (Lipinski definition) is 2. The van der Waals surface area contributed by atoms with Crippen LogP contribution in [0.3, 0.4) is 0 Å². The van der Waals surface area contributed by atoms with Gasteiger partial charge in [0.15, 0.2) is 0 Å². The highest BCUT2D eigenvalue weighted by molar-refractivity contribution is 5.85. The lowest BCUT2D eigenvalue weighted by Crippen LogP contribution is -2.40. The largest absolute Gasteiger partial charge is 0.334 e. The van der Waals surface area contributed by atoms with Gasteiger partial charge in [0.05, 0.1) is 5.41 Å². The molecule has 3 nitrogen and oxygen atoms in total. The van der Waals surface area contributed by atoms with Crippen LogP contribution in [0, 0.1) is 5.41 Å². The van der Waals surface area contributed by atoms with E-state index in [1.807, 2.05) is 17.0 Å². The second-order valence-corrected chi connectivity index (χ2v) is 5.42. The van der Waals surface area contributed by atoms with E-state index in [1.165, 1.54) is 11.1 Å². The van der Waals surface area contributed by atoms with Crippen LogP contribution >= 0.6 is 12.4 Å². The van der Waals surface area contributed by atoms with Crippen LogP contribution in [0.5, 0.6) is 0 Å². The van der Waals surface area contributed by atoms with Crippen LogP contribution in [0.25, 0.3) is 0 Å². The van der Waals surface area contributed by atoms with Crippen molar-refractivity contribution in [2.24, 2.45) is 5.41 Å². The summed E-state index contributed by atoms with van der Waals surface area (Å²) in [6, 6.07) is 8.34. The number of amides is 1. The molecular formula is C14H19ClN2O. The summed E-state index contributed by atoms with van der Waals surface area (Å²) in [6.45, 7) is 5.43. The van der Waals surface area contributed by atoms with Crippen LogP contribution in [0.2, 0.25) is 0 Å². The van der Waals surface area contributed by atoms with Crippen LogP contribution in [-0.2, 0) is 17.9 Å². The average Bonchev–Trinajstić information content (AvgIpc) is 2.94. The van der Waals surface area contributed by atoms with Gasteiger partial charge in [-0.1, -0.05) is 24.3 Å². The molecule has 1 unspecified atom stereocenters. The van der Waals surface area contributed by atoms with Crippen LogP contribution in [0.4, 0.5) is 0 Å². The molecule has 1 N–H and O–H groups in total. The van der Waals surface area contributed by atoms with Crippen molar-refractivity contribution in [3.63, 3.8) is 0 Å². The molecule has 0 saturated carbocycles. The second kappa shape index (κ2) is 4.90. The number of carbonyl (C=O) groups is 1. The van der Waals surface area contributed by atoms with E-state index in [0.717, 1.165) is 32.6 Å². The first kappa shape index (κ1) is 13.4. The third-order valence-electron chi connectivity index (χ3n) is 4.01. The maximum atomic E-state index is 12.5. The first-order chi connectivity index (χ1) is 8.19. The molecule has 3 rings (SSSR count). The van der Waals surface area contributed by atoms with Crippen molar-refractivity contribution in [1.82, 2.24) is 10.2 Å². The number of hydrogen-bond donors (Lipinski definition) is 1. The average molecular weight is 267 g/mol. The lowest BCUT2D eigenvalue weighted by molar-refractivity contribution is -0.140. The molecule has 1 saturated heterocycles. The molecule has 4 heteroatoms. The Hall–Kier alpha value is -1.06. The Bertz CT molecular complexity index is 430. The van der Waals surface area contributed by atoms with E-state index in [-0.39, 0.29) is 17.8 Å². The summed E-state index contributed by atoms with van der Waals surface area (Å²) in [7, 11) is 0. The normalized spacial score (nSPS) is 25.7. The topological polar surface area (TPSA) is 32.3 Å². The van der Waals surface area contributed by atoms with E-state index in [0.29, 0.717) is 5.91 Å². The predicted octanol–water partition coefficient (Wildman–Crippen LogP) is 1.95. The minimum Gasteiger partial charge on any atom is -0.334 e. The number of halogens is 1. The fraction of sp³-hybridized carbons (Fsp3) is 0.500. The van der Waals surface area contributed by atoms with E-state index < -0.39 is 0 Å². The van der Waals surface area contributed by atoms with Crippen molar-refractivity contribution >= 4 is 18.3 Å². The van der Waals surface area contributed by atoms with Gasteiger partial charge in [0.1, 0.15) is 0 Å². The fourth-order valence-corrected chi connectivity index (χ4v) is 2.86. The summed E-state index contributed by atoms with van der Waals surface area (Å²) in [4.78, 5) is 14.5. The standard InChI is InChI=1S/C14H18N2O.ClH/c1-14(6-7-15-10-14)13(17)16-8-11-4-2-3-5-12(11)9-16;/h2-5,15H,6-10H2,1H3;1H. The maximum absolute atomic E-state index is 12.5. The van der Waals surface area contributed by atoms with Crippen molar-refractivity contribution in [3.8, 4) is 0 Å². The minimum atomic E-state index is -0.192. The predicted molar refractivity (Wildman–Crippen MR) is 73.5 cm³/mol. The van der Waals surface area contributed by atoms with Gasteiger partial charge in [-0.05, 0) is 31.0 Å². The van der Waals surface area contributed by atoms with Gasteiger partial charge in [0, 0.05) is 19.6 Å². The van der Waals surface area contributed by atoms with Crippen LogP contribution in [-0.4, -0.2) is 23.9 Å². The lowest BCUT2D eigenvalue weighted by atomic mass is 9.88. The van der Waals surface area contributed by atoms with Gasteiger partial charge in [-0.3, -0.25) is 4.79 Å². The SMILES string of the molecule is CC1(C(=O)N2Cc3ccccc3C2)CCNC1.Cl. The van der Waals surface area contributed by atoms with Crippen molar-refractivity contribution in [2.45, 2.75) is 26.4 Å². The summed E-state index contributed by atoms with van der Waals surface area (Å²) >= 11 is 0. The van der Waals surface area contributed by atoms with E-state index in [2.05, 4.69) is 24.4 Å². The van der Waals surface area contributed by atoms with Gasteiger partial charge in [0.25, 0.3) is 0 Å². The van der Waals surface area contributed by atoms with Crippen LogP contribution in [0.15, 0.2) is 24.3 Å². The molecule has 0 bridgehead atoms. The quantitative estimate of drug-likeness (QED) is 0.843. The van der Waals surface area contributed by atoms with Gasteiger partial charge in [-0.25, -0.2) is 0 Å². The number of nitrogens with one attached hydrogen (secondary N) is 1. The molecule has 0 aliphatic carbocycles. The molecule has 2 aliphatic heterocycles. The summed E-state index contributed by atoms with van der Waals surface area (Å²) in [5.41, 5.74) is 2.41. The highest BCUT2D eigenvalue weighted by Gasteiger charge is 2.40. The molecule has 1 atom stereocenters. The highest BCUT2D eigenvalue weighted by atomic mass is 35.5. The van der Waals surface area contributed by atoms with E-state index in [9.17, 15) is 4.79 Å². The van der Waals surface area contributed by atoms with Crippen molar-refractivity contribution in [1.29, 1.82) is 0 Å². The van der Waals surface area contributed by atoms with Crippen molar-refractivity contribution in [2.75, 3.05) is 13.1 Å². The van der Waals surface area contributed by atoms with Crippen LogP contribution < -0.4 is 5.32 Å². The van der Waals surface area contributed by atoms with Gasteiger partial charge in [-0.2, -0.15) is 0 Å². The molecule has 1 aromatic rings. The Balaban J connectivity index is 0.00000120. The molecule has 18 heavy (non-hydrogen) atoms. The summed E-state index contributed by atoms with van der Waals surface area (Å²) in [6.07, 6.45) is 0.957. The van der Waals surface area contributed by atoms with Crippen molar-refractivity contribution in [3.05, 3.63) is 35.4 Å². The smallest absolute Gasteiger partial charge is 0.230 e. The fourth-order valence-electron chi connectivity index (χ4n) is 2.86. The Kier molecular flexibility index (Phi) is 3.64. The Morgan fingerprint density at radius 2 is 1.89 bits per heavy atom. The molecule has 98 valence electrons. The molecule has 0 aromatic heterocycles. The zero-order chi connectivity index (χ0) is 11.9. The molecule has 1 amide bonds. The molecule has 0 radical (unpaired) electrons. The Morgan fingerprint density at radius 3 is 2.39 bits per heavy atom. The van der Waals surface area contributed by atoms with E-state index in [4.69, 9.17) is 0 Å². The minimum absolute atomic E-state index is 0. The first-order valence-electron chi connectivity index (χ1n) is 6.26.